The van der Waals surface area contributed by atoms with Crippen molar-refractivity contribution in [2.45, 2.75) is 19.4 Å². The van der Waals surface area contributed by atoms with Crippen molar-refractivity contribution in [1.29, 1.82) is 5.26 Å². The molecule has 23 heavy (non-hydrogen) atoms. The van der Waals surface area contributed by atoms with Crippen LogP contribution < -0.4 is 10.6 Å². The van der Waals surface area contributed by atoms with Gasteiger partial charge in [-0.3, -0.25) is 0 Å². The first-order chi connectivity index (χ1) is 11.2. The molecule has 1 heterocycles. The van der Waals surface area contributed by atoms with E-state index in [9.17, 15) is 0 Å². The Labute approximate surface area is 147 Å². The van der Waals surface area contributed by atoms with Gasteiger partial charge in [-0.05, 0) is 55.8 Å². The maximum absolute atomic E-state index is 8.78. The first-order valence-corrected chi connectivity index (χ1v) is 8.34. The van der Waals surface area contributed by atoms with Crippen molar-refractivity contribution in [3.63, 3.8) is 0 Å². The third kappa shape index (κ3) is 5.76. The van der Waals surface area contributed by atoms with E-state index in [-0.39, 0.29) is 0 Å². The Balaban J connectivity index is 0.000000326. The first-order valence-electron chi connectivity index (χ1n) is 7.58. The predicted octanol–water partition coefficient (Wildman–Crippen LogP) is 4.85. The van der Waals surface area contributed by atoms with Gasteiger partial charge in [-0.25, -0.2) is 0 Å². The third-order valence-electron chi connectivity index (χ3n) is 3.49. The van der Waals surface area contributed by atoms with Crippen LogP contribution >= 0.6 is 23.2 Å². The Morgan fingerprint density at radius 2 is 1.78 bits per heavy atom. The molecule has 120 valence electrons. The summed E-state index contributed by atoms with van der Waals surface area (Å²) in [5.74, 6) is 0. The lowest BCUT2D eigenvalue weighted by Gasteiger charge is -2.08. The molecule has 0 radical (unpaired) electrons. The zero-order chi connectivity index (χ0) is 16.5. The molecular formula is C18H19Cl2N3. The number of halogens is 2. The molecule has 2 N–H and O–H groups in total. The van der Waals surface area contributed by atoms with Crippen LogP contribution in [0.1, 0.15) is 24.0 Å². The minimum atomic E-state index is 0.446. The van der Waals surface area contributed by atoms with Gasteiger partial charge in [-0.15, -0.1) is 0 Å². The summed E-state index contributed by atoms with van der Waals surface area (Å²) < 4.78 is 0. The second kappa shape index (κ2) is 9.42. The molecule has 0 amide bonds. The van der Waals surface area contributed by atoms with E-state index in [1.165, 1.54) is 25.9 Å². The highest BCUT2D eigenvalue weighted by atomic mass is 35.5. The van der Waals surface area contributed by atoms with Gasteiger partial charge >= 0.3 is 0 Å². The maximum Gasteiger partial charge on any atom is 0.101 e. The third-order valence-corrected chi connectivity index (χ3v) is 4.17. The van der Waals surface area contributed by atoms with E-state index < -0.39 is 0 Å². The molecule has 0 unspecified atom stereocenters. The topological polar surface area (TPSA) is 47.9 Å². The summed E-state index contributed by atoms with van der Waals surface area (Å²) in [6.07, 6.45) is 2.78. The van der Waals surface area contributed by atoms with Crippen molar-refractivity contribution in [2.24, 2.45) is 0 Å². The minimum absolute atomic E-state index is 0.446. The maximum atomic E-state index is 8.78. The highest BCUT2D eigenvalue weighted by Gasteiger charge is 2.02. The molecule has 1 aliphatic rings. The second-order valence-corrected chi connectivity index (χ2v) is 6.02. The van der Waals surface area contributed by atoms with Crippen LogP contribution in [0.4, 0.5) is 5.69 Å². The number of benzene rings is 2. The van der Waals surface area contributed by atoms with Crippen molar-refractivity contribution < 1.29 is 0 Å². The van der Waals surface area contributed by atoms with Crippen LogP contribution in [-0.2, 0) is 6.54 Å². The van der Waals surface area contributed by atoms with Crippen LogP contribution in [-0.4, -0.2) is 13.1 Å². The number of nitriles is 1. The Morgan fingerprint density at radius 3 is 2.35 bits per heavy atom. The molecule has 0 atom stereocenters. The van der Waals surface area contributed by atoms with Gasteiger partial charge in [0.2, 0.25) is 0 Å². The fraction of sp³-hybridized carbons (Fsp3) is 0.278. The summed E-state index contributed by atoms with van der Waals surface area (Å²) in [7, 11) is 0. The zero-order valence-corrected chi connectivity index (χ0v) is 14.3. The molecule has 1 fully saturated rings. The van der Waals surface area contributed by atoms with E-state index in [2.05, 4.69) is 10.6 Å². The van der Waals surface area contributed by atoms with Gasteiger partial charge in [0.05, 0.1) is 10.6 Å². The number of nitrogens with zero attached hydrogens (tertiary/aromatic N) is 1. The standard InChI is InChI=1S/C14H10Cl2N2.C4H9N/c15-13-4-2-1-3-11(13)9-18-12-6-5-10(8-17)14(16)7-12;1-2-4-5-3-1/h1-7,18H,9H2;5H,1-4H2. The van der Waals surface area contributed by atoms with Crippen LogP contribution in [0.2, 0.25) is 10.0 Å². The van der Waals surface area contributed by atoms with E-state index in [0.717, 1.165) is 16.3 Å². The van der Waals surface area contributed by atoms with Gasteiger partial charge in [0, 0.05) is 17.3 Å². The Bertz CT molecular complexity index is 669. The van der Waals surface area contributed by atoms with Crippen molar-refractivity contribution in [2.75, 3.05) is 18.4 Å². The van der Waals surface area contributed by atoms with Gasteiger partial charge in [0.15, 0.2) is 0 Å². The molecule has 3 rings (SSSR count). The molecule has 1 aliphatic heterocycles. The molecule has 0 aliphatic carbocycles. The predicted molar refractivity (Wildman–Crippen MR) is 97.0 cm³/mol. The first kappa shape index (κ1) is 17.6. The lowest BCUT2D eigenvalue weighted by molar-refractivity contribution is 0.857. The van der Waals surface area contributed by atoms with Gasteiger partial charge in [0.25, 0.3) is 0 Å². The molecular weight excluding hydrogens is 329 g/mol. The summed E-state index contributed by atoms with van der Waals surface area (Å²) in [6, 6.07) is 14.9. The summed E-state index contributed by atoms with van der Waals surface area (Å²) >= 11 is 12.0. The number of nitrogens with one attached hydrogen (secondary N) is 2. The van der Waals surface area contributed by atoms with Crippen molar-refractivity contribution >= 4 is 28.9 Å². The van der Waals surface area contributed by atoms with Crippen LogP contribution in [0.5, 0.6) is 0 Å². The fourth-order valence-electron chi connectivity index (χ4n) is 2.18. The average Bonchev–Trinajstić information content (AvgIpc) is 3.14. The molecule has 3 nitrogen and oxygen atoms in total. The Hall–Kier alpha value is -1.73. The van der Waals surface area contributed by atoms with Gasteiger partial charge < -0.3 is 10.6 Å². The molecule has 0 spiro atoms. The van der Waals surface area contributed by atoms with Crippen LogP contribution in [0.25, 0.3) is 0 Å². The minimum Gasteiger partial charge on any atom is -0.381 e. The SMILES string of the molecule is C1CCNC1.N#Cc1ccc(NCc2ccccc2Cl)cc1Cl. The smallest absolute Gasteiger partial charge is 0.101 e. The Morgan fingerprint density at radius 1 is 1.04 bits per heavy atom. The van der Waals surface area contributed by atoms with E-state index >= 15 is 0 Å². The van der Waals surface area contributed by atoms with Crippen LogP contribution in [0, 0.1) is 11.3 Å². The molecule has 5 heteroatoms. The lowest BCUT2D eigenvalue weighted by Crippen LogP contribution is -2.03. The van der Waals surface area contributed by atoms with E-state index in [0.29, 0.717) is 17.1 Å². The second-order valence-electron chi connectivity index (χ2n) is 5.21. The molecule has 0 saturated carbocycles. The number of rotatable bonds is 3. The summed E-state index contributed by atoms with van der Waals surface area (Å²) in [5.41, 5.74) is 2.35. The number of hydrogen-bond donors (Lipinski definition) is 2. The van der Waals surface area contributed by atoms with Gasteiger partial charge in [-0.2, -0.15) is 5.26 Å². The monoisotopic (exact) mass is 347 g/mol. The molecule has 0 aromatic heterocycles. The highest BCUT2D eigenvalue weighted by molar-refractivity contribution is 6.32. The fourth-order valence-corrected chi connectivity index (χ4v) is 2.61. The molecule has 1 saturated heterocycles. The van der Waals surface area contributed by atoms with E-state index in [4.69, 9.17) is 28.5 Å². The van der Waals surface area contributed by atoms with Gasteiger partial charge in [0.1, 0.15) is 6.07 Å². The van der Waals surface area contributed by atoms with Crippen molar-refractivity contribution in [3.05, 3.63) is 63.6 Å². The largest absolute Gasteiger partial charge is 0.381 e. The molecule has 2 aromatic rings. The number of anilines is 1. The van der Waals surface area contributed by atoms with Crippen molar-refractivity contribution in [3.8, 4) is 6.07 Å². The summed E-state index contributed by atoms with van der Waals surface area (Å²) in [4.78, 5) is 0. The zero-order valence-electron chi connectivity index (χ0n) is 12.8. The van der Waals surface area contributed by atoms with E-state index in [1.54, 1.807) is 12.1 Å². The summed E-state index contributed by atoms with van der Waals surface area (Å²) in [5, 5.41) is 16.4. The van der Waals surface area contributed by atoms with Gasteiger partial charge in [-0.1, -0.05) is 41.4 Å². The quantitative estimate of drug-likeness (QED) is 0.834. The normalized spacial score (nSPS) is 12.9. The Kier molecular flexibility index (Phi) is 7.22. The lowest BCUT2D eigenvalue weighted by atomic mass is 10.2. The highest BCUT2D eigenvalue weighted by Crippen LogP contribution is 2.22. The molecule has 0 bridgehead atoms. The molecule has 2 aromatic carbocycles. The average molecular weight is 348 g/mol. The van der Waals surface area contributed by atoms with Crippen LogP contribution in [0.15, 0.2) is 42.5 Å². The van der Waals surface area contributed by atoms with E-state index in [1.807, 2.05) is 36.4 Å². The summed E-state index contributed by atoms with van der Waals surface area (Å²) in [6.45, 7) is 3.11. The number of hydrogen-bond acceptors (Lipinski definition) is 3. The van der Waals surface area contributed by atoms with Crippen molar-refractivity contribution in [1.82, 2.24) is 5.32 Å². The van der Waals surface area contributed by atoms with Crippen LogP contribution in [0.3, 0.4) is 0 Å².